The third-order valence-electron chi connectivity index (χ3n) is 2.79. The van der Waals surface area contributed by atoms with Gasteiger partial charge in [0.15, 0.2) is 0 Å². The Morgan fingerprint density at radius 3 is 2.72 bits per heavy atom. The quantitative estimate of drug-likeness (QED) is 0.891. The van der Waals surface area contributed by atoms with Crippen molar-refractivity contribution in [1.82, 2.24) is 10.2 Å². The lowest BCUT2D eigenvalue weighted by Gasteiger charge is -2.22. The van der Waals surface area contributed by atoms with Gasteiger partial charge in [0.1, 0.15) is 0 Å². The van der Waals surface area contributed by atoms with Crippen LogP contribution in [0.25, 0.3) is 0 Å². The summed E-state index contributed by atoms with van der Waals surface area (Å²) < 4.78 is 0. The number of halogens is 1. The maximum absolute atomic E-state index is 6.23. The molecular weight excluding hydrogens is 248 g/mol. The van der Waals surface area contributed by atoms with Crippen molar-refractivity contribution in [3.63, 3.8) is 0 Å². The van der Waals surface area contributed by atoms with E-state index >= 15 is 0 Å². The Bertz CT molecular complexity index is 508. The van der Waals surface area contributed by atoms with Crippen LogP contribution in [0.5, 0.6) is 0 Å². The summed E-state index contributed by atoms with van der Waals surface area (Å²) in [6.45, 7) is 2.08. The number of rotatable bonds is 4. The van der Waals surface area contributed by atoms with Crippen molar-refractivity contribution < 1.29 is 0 Å². The van der Waals surface area contributed by atoms with E-state index in [0.717, 1.165) is 22.1 Å². The number of aromatic nitrogens is 2. The molecule has 0 fully saturated rings. The Labute approximate surface area is 112 Å². The first-order valence-electron chi connectivity index (χ1n) is 5.81. The van der Waals surface area contributed by atoms with Crippen LogP contribution in [0.3, 0.4) is 0 Å². The van der Waals surface area contributed by atoms with Crippen LogP contribution in [0.2, 0.25) is 5.02 Å². The predicted octanol–water partition coefficient (Wildman–Crippen LogP) is 3.30. The highest BCUT2D eigenvalue weighted by Gasteiger charge is 2.12. The summed E-state index contributed by atoms with van der Waals surface area (Å²) in [5.41, 5.74) is 3.04. The van der Waals surface area contributed by atoms with Gasteiger partial charge in [-0.25, -0.2) is 0 Å². The van der Waals surface area contributed by atoms with Crippen molar-refractivity contribution in [3.05, 3.63) is 41.2 Å². The molecule has 0 radical (unpaired) electrons. The molecule has 5 heteroatoms. The number of anilines is 2. The van der Waals surface area contributed by atoms with Gasteiger partial charge >= 0.3 is 0 Å². The summed E-state index contributed by atoms with van der Waals surface area (Å²) in [5, 5.41) is 11.1. The van der Waals surface area contributed by atoms with Crippen molar-refractivity contribution in [2.24, 2.45) is 0 Å². The topological polar surface area (TPSA) is 44.0 Å². The number of nitrogens with zero attached hydrogens (tertiary/aromatic N) is 2. The van der Waals surface area contributed by atoms with Gasteiger partial charge in [0.05, 0.1) is 28.1 Å². The second-order valence-corrected chi connectivity index (χ2v) is 4.82. The smallest absolute Gasteiger partial charge is 0.0786 e. The van der Waals surface area contributed by atoms with Crippen molar-refractivity contribution in [1.29, 1.82) is 0 Å². The highest BCUT2D eigenvalue weighted by atomic mass is 35.5. The molecule has 1 aromatic heterocycles. The maximum Gasteiger partial charge on any atom is 0.0786 e. The minimum Gasteiger partial charge on any atom is -0.375 e. The largest absolute Gasteiger partial charge is 0.375 e. The zero-order valence-corrected chi connectivity index (χ0v) is 11.5. The Balaban J connectivity index is 2.26. The summed E-state index contributed by atoms with van der Waals surface area (Å²) >= 11 is 6.23. The Kier molecular flexibility index (Phi) is 3.77. The molecule has 1 heterocycles. The standard InChI is InChI=1S/C13H17ClN4/c1-9(11-7-8-15-17-11)16-12-6-4-5-10(14)13(12)18(2)3/h4-9,16H,1-3H3,(H,15,17). The molecular formula is C13H17ClN4. The highest BCUT2D eigenvalue weighted by molar-refractivity contribution is 6.34. The SMILES string of the molecule is CC(Nc1cccc(Cl)c1N(C)C)c1ccn[nH]1. The van der Waals surface area contributed by atoms with Crippen LogP contribution in [0.15, 0.2) is 30.5 Å². The van der Waals surface area contributed by atoms with E-state index in [-0.39, 0.29) is 6.04 Å². The molecule has 1 atom stereocenters. The third-order valence-corrected chi connectivity index (χ3v) is 3.10. The molecule has 0 saturated carbocycles. The minimum atomic E-state index is 0.143. The number of benzene rings is 1. The first-order valence-corrected chi connectivity index (χ1v) is 6.19. The summed E-state index contributed by atoms with van der Waals surface area (Å²) in [7, 11) is 3.96. The van der Waals surface area contributed by atoms with Crippen molar-refractivity contribution >= 4 is 23.0 Å². The number of aromatic amines is 1. The molecule has 0 aliphatic carbocycles. The van der Waals surface area contributed by atoms with Gasteiger partial charge in [-0.15, -0.1) is 0 Å². The summed E-state index contributed by atoms with van der Waals surface area (Å²) in [5.74, 6) is 0. The summed E-state index contributed by atoms with van der Waals surface area (Å²) in [6.07, 6.45) is 1.75. The molecule has 1 aromatic carbocycles. The Morgan fingerprint density at radius 2 is 2.11 bits per heavy atom. The first kappa shape index (κ1) is 12.8. The zero-order valence-electron chi connectivity index (χ0n) is 10.7. The molecule has 0 amide bonds. The second-order valence-electron chi connectivity index (χ2n) is 4.41. The molecule has 4 nitrogen and oxygen atoms in total. The number of hydrogen-bond donors (Lipinski definition) is 2. The molecule has 0 aliphatic rings. The summed E-state index contributed by atoms with van der Waals surface area (Å²) in [4.78, 5) is 2.00. The van der Waals surface area contributed by atoms with E-state index in [0.29, 0.717) is 0 Å². The van der Waals surface area contributed by atoms with Crippen LogP contribution < -0.4 is 10.2 Å². The van der Waals surface area contributed by atoms with Gasteiger partial charge in [-0.1, -0.05) is 17.7 Å². The van der Waals surface area contributed by atoms with Crippen LogP contribution in [0.1, 0.15) is 18.7 Å². The molecule has 18 heavy (non-hydrogen) atoms. The monoisotopic (exact) mass is 264 g/mol. The van der Waals surface area contributed by atoms with E-state index in [4.69, 9.17) is 11.6 Å². The molecule has 96 valence electrons. The number of hydrogen-bond acceptors (Lipinski definition) is 3. The van der Waals surface area contributed by atoms with Crippen LogP contribution >= 0.6 is 11.6 Å². The lowest BCUT2D eigenvalue weighted by Crippen LogP contribution is -2.14. The summed E-state index contributed by atoms with van der Waals surface area (Å²) in [6, 6.07) is 7.95. The molecule has 0 bridgehead atoms. The molecule has 2 rings (SSSR count). The molecule has 1 unspecified atom stereocenters. The second kappa shape index (κ2) is 5.31. The molecule has 0 saturated heterocycles. The van der Waals surface area contributed by atoms with Crippen LogP contribution in [-0.4, -0.2) is 24.3 Å². The highest BCUT2D eigenvalue weighted by Crippen LogP contribution is 2.34. The predicted molar refractivity (Wildman–Crippen MR) is 76.4 cm³/mol. The molecule has 0 aliphatic heterocycles. The number of para-hydroxylation sites is 1. The average Bonchev–Trinajstić information content (AvgIpc) is 2.81. The van der Waals surface area contributed by atoms with E-state index in [1.807, 2.05) is 43.3 Å². The van der Waals surface area contributed by atoms with E-state index in [1.165, 1.54) is 0 Å². The molecule has 0 spiro atoms. The lowest BCUT2D eigenvalue weighted by molar-refractivity contribution is 0.825. The van der Waals surface area contributed by atoms with Crippen molar-refractivity contribution in [3.8, 4) is 0 Å². The van der Waals surface area contributed by atoms with Gasteiger partial charge in [-0.3, -0.25) is 5.10 Å². The van der Waals surface area contributed by atoms with Gasteiger partial charge in [0.2, 0.25) is 0 Å². The van der Waals surface area contributed by atoms with Gasteiger partial charge in [0.25, 0.3) is 0 Å². The normalized spacial score (nSPS) is 12.2. The average molecular weight is 265 g/mol. The van der Waals surface area contributed by atoms with E-state index in [2.05, 4.69) is 22.4 Å². The molecule has 2 N–H and O–H groups in total. The van der Waals surface area contributed by atoms with Gasteiger partial charge in [0, 0.05) is 20.3 Å². The van der Waals surface area contributed by atoms with Gasteiger partial charge in [-0.05, 0) is 25.1 Å². The minimum absolute atomic E-state index is 0.143. The fourth-order valence-electron chi connectivity index (χ4n) is 1.91. The lowest BCUT2D eigenvalue weighted by atomic mass is 10.2. The maximum atomic E-state index is 6.23. The van der Waals surface area contributed by atoms with Crippen molar-refractivity contribution in [2.45, 2.75) is 13.0 Å². The number of H-pyrrole nitrogens is 1. The Morgan fingerprint density at radius 1 is 1.33 bits per heavy atom. The van der Waals surface area contributed by atoms with Crippen molar-refractivity contribution in [2.75, 3.05) is 24.3 Å². The zero-order chi connectivity index (χ0) is 13.1. The van der Waals surface area contributed by atoms with Crippen LogP contribution in [-0.2, 0) is 0 Å². The van der Waals surface area contributed by atoms with Gasteiger partial charge < -0.3 is 10.2 Å². The fraction of sp³-hybridized carbons (Fsp3) is 0.308. The van der Waals surface area contributed by atoms with Gasteiger partial charge in [-0.2, -0.15) is 5.10 Å². The third kappa shape index (κ3) is 2.59. The van der Waals surface area contributed by atoms with E-state index in [1.54, 1.807) is 6.20 Å². The van der Waals surface area contributed by atoms with Crippen LogP contribution in [0, 0.1) is 0 Å². The number of nitrogens with one attached hydrogen (secondary N) is 2. The molecule has 2 aromatic rings. The van der Waals surface area contributed by atoms with Crippen LogP contribution in [0.4, 0.5) is 11.4 Å². The fourth-order valence-corrected chi connectivity index (χ4v) is 2.25. The van der Waals surface area contributed by atoms with E-state index < -0.39 is 0 Å². The first-order chi connectivity index (χ1) is 8.59. The Hall–Kier alpha value is -1.68. The van der Waals surface area contributed by atoms with E-state index in [9.17, 15) is 0 Å².